The van der Waals surface area contributed by atoms with Crippen molar-refractivity contribution in [1.29, 1.82) is 0 Å². The predicted molar refractivity (Wildman–Crippen MR) is 100 cm³/mol. The van der Waals surface area contributed by atoms with Crippen molar-refractivity contribution in [3.8, 4) is 0 Å². The van der Waals surface area contributed by atoms with Gasteiger partial charge in [0.1, 0.15) is 19.2 Å². The van der Waals surface area contributed by atoms with Gasteiger partial charge in [-0.25, -0.2) is 0 Å². The van der Waals surface area contributed by atoms with Crippen LogP contribution in [0.2, 0.25) is 5.02 Å². The number of hydrogen-bond acceptors (Lipinski definition) is 3. The van der Waals surface area contributed by atoms with Crippen LogP contribution in [0.3, 0.4) is 0 Å². The van der Waals surface area contributed by atoms with E-state index >= 15 is 0 Å². The van der Waals surface area contributed by atoms with Gasteiger partial charge in [0.15, 0.2) is 11.8 Å². The summed E-state index contributed by atoms with van der Waals surface area (Å²) in [5.41, 5.74) is 0.945. The highest BCUT2D eigenvalue weighted by Crippen LogP contribution is 2.15. The minimum absolute atomic E-state index is 0.309. The molecule has 26 heavy (non-hydrogen) atoms. The molecule has 0 spiro atoms. The van der Waals surface area contributed by atoms with Gasteiger partial charge >= 0.3 is 0 Å². The van der Waals surface area contributed by atoms with Crippen LogP contribution in [-0.2, 0) is 11.3 Å². The summed E-state index contributed by atoms with van der Waals surface area (Å²) < 4.78 is 11.3. The first-order valence-electron chi connectivity index (χ1n) is 9.43. The van der Waals surface area contributed by atoms with Gasteiger partial charge in [-0.3, -0.25) is 0 Å². The van der Waals surface area contributed by atoms with E-state index < -0.39 is 6.10 Å². The molecule has 0 aliphatic carbocycles. The molecule has 2 atom stereocenters. The van der Waals surface area contributed by atoms with Crippen LogP contribution < -0.4 is 10.2 Å². The molecule has 1 aromatic carbocycles. The fourth-order valence-corrected chi connectivity index (χ4v) is 3.79. The van der Waals surface area contributed by atoms with Crippen molar-refractivity contribution in [2.75, 3.05) is 32.8 Å². The fraction of sp³-hybridized carbons (Fsp3) is 0.500. The average Bonchev–Trinajstić information content (AvgIpc) is 3.34. The Balaban J connectivity index is 1.39. The van der Waals surface area contributed by atoms with Gasteiger partial charge in [0.05, 0.1) is 32.6 Å². The number of rotatable bonds is 10. The third-order valence-corrected chi connectivity index (χ3v) is 5.36. The van der Waals surface area contributed by atoms with Crippen LogP contribution >= 0.6 is 11.6 Å². The summed E-state index contributed by atoms with van der Waals surface area (Å²) in [7, 11) is 0. The third-order valence-electron chi connectivity index (χ3n) is 4.99. The van der Waals surface area contributed by atoms with Crippen LogP contribution in [0.4, 0.5) is 0 Å². The highest BCUT2D eigenvalue weighted by Gasteiger charge is 2.30. The van der Waals surface area contributed by atoms with Gasteiger partial charge in [-0.2, -0.15) is 0 Å². The van der Waals surface area contributed by atoms with E-state index in [9.17, 15) is 5.11 Å². The van der Waals surface area contributed by atoms with Crippen LogP contribution in [0, 0.1) is 0 Å². The van der Waals surface area contributed by atoms with Crippen LogP contribution in [0.5, 0.6) is 0 Å². The second-order valence-electron chi connectivity index (χ2n) is 6.95. The molecular weight excluding hydrogens is 352 g/mol. The molecule has 4 N–H and O–H groups in total. The molecule has 3 rings (SSSR count). The molecule has 2 aromatic rings. The van der Waals surface area contributed by atoms with E-state index in [1.165, 1.54) is 25.9 Å². The largest absolute Gasteiger partial charge is 0.463 e. The molecular formula is C20H29ClN2O3+2. The summed E-state index contributed by atoms with van der Waals surface area (Å²) in [5, 5.41) is 13.1. The highest BCUT2D eigenvalue weighted by atomic mass is 35.5. The molecule has 1 saturated heterocycles. The van der Waals surface area contributed by atoms with Crippen molar-refractivity contribution >= 4 is 11.6 Å². The standard InChI is InChI=1S/C20H27ClN2O3/c21-18-7-2-1-6-16(18)14-25-15-17(24)12-22-13-19(20-8-5-11-26-20)23-9-3-4-10-23/h1-2,5-8,11,17,19,22,24H,3-4,9-10,12-15H2/p+2/t17-,19-/m1/s1. The summed E-state index contributed by atoms with van der Waals surface area (Å²) in [5.74, 6) is 1.04. The van der Waals surface area contributed by atoms with Crippen molar-refractivity contribution < 1.29 is 24.5 Å². The van der Waals surface area contributed by atoms with Gasteiger partial charge in [0, 0.05) is 17.9 Å². The average molecular weight is 381 g/mol. The summed E-state index contributed by atoms with van der Waals surface area (Å²) in [6.07, 6.45) is 3.81. The highest BCUT2D eigenvalue weighted by molar-refractivity contribution is 6.31. The van der Waals surface area contributed by atoms with Crippen LogP contribution in [-0.4, -0.2) is 44.0 Å². The Labute approximate surface area is 159 Å². The number of halogens is 1. The molecule has 1 aliphatic heterocycles. The normalized spacial score (nSPS) is 17.5. The molecule has 6 heteroatoms. The molecule has 0 unspecified atom stereocenters. The number of aliphatic hydroxyl groups is 1. The van der Waals surface area contributed by atoms with Crippen molar-refractivity contribution in [3.63, 3.8) is 0 Å². The van der Waals surface area contributed by atoms with Gasteiger partial charge in [0.2, 0.25) is 0 Å². The van der Waals surface area contributed by atoms with Gasteiger partial charge in [0.25, 0.3) is 0 Å². The van der Waals surface area contributed by atoms with E-state index in [-0.39, 0.29) is 0 Å². The summed E-state index contributed by atoms with van der Waals surface area (Å²) in [6.45, 7) is 4.65. The minimum Gasteiger partial charge on any atom is -0.463 e. The lowest BCUT2D eigenvalue weighted by Crippen LogP contribution is -3.13. The van der Waals surface area contributed by atoms with Crippen LogP contribution in [0.1, 0.15) is 30.2 Å². The fourth-order valence-electron chi connectivity index (χ4n) is 3.59. The van der Waals surface area contributed by atoms with Gasteiger partial charge < -0.3 is 24.5 Å². The molecule has 2 heterocycles. The molecule has 0 radical (unpaired) electrons. The summed E-state index contributed by atoms with van der Waals surface area (Å²) >= 11 is 6.11. The number of aliphatic hydroxyl groups excluding tert-OH is 1. The maximum Gasteiger partial charge on any atom is 0.195 e. The molecule has 1 aliphatic rings. The summed E-state index contributed by atoms with van der Waals surface area (Å²) in [6, 6.07) is 12.0. The zero-order valence-electron chi connectivity index (χ0n) is 15.1. The maximum absolute atomic E-state index is 10.2. The Hall–Kier alpha value is -1.37. The van der Waals surface area contributed by atoms with E-state index in [0.29, 0.717) is 30.8 Å². The number of ether oxygens (including phenoxy) is 1. The lowest BCUT2D eigenvalue weighted by atomic mass is 10.2. The Morgan fingerprint density at radius 1 is 1.15 bits per heavy atom. The number of furan rings is 1. The molecule has 1 aromatic heterocycles. The van der Waals surface area contributed by atoms with Crippen molar-refractivity contribution in [2.24, 2.45) is 0 Å². The van der Waals surface area contributed by atoms with Crippen LogP contribution in [0.15, 0.2) is 47.1 Å². The van der Waals surface area contributed by atoms with E-state index in [0.717, 1.165) is 17.9 Å². The Morgan fingerprint density at radius 2 is 1.96 bits per heavy atom. The molecule has 5 nitrogen and oxygen atoms in total. The first kappa shape index (κ1) is 19.4. The first-order chi connectivity index (χ1) is 12.7. The van der Waals surface area contributed by atoms with Crippen molar-refractivity contribution in [2.45, 2.75) is 31.6 Å². The number of nitrogens with one attached hydrogen (secondary N) is 1. The molecule has 1 fully saturated rings. The molecule has 0 bridgehead atoms. The number of likely N-dealkylation sites (tertiary alicyclic amines) is 1. The predicted octanol–water partition coefficient (Wildman–Crippen LogP) is 0.794. The van der Waals surface area contributed by atoms with Gasteiger partial charge in [-0.1, -0.05) is 29.8 Å². The topological polar surface area (TPSA) is 63.7 Å². The lowest BCUT2D eigenvalue weighted by molar-refractivity contribution is -0.935. The van der Waals surface area contributed by atoms with Crippen molar-refractivity contribution in [1.82, 2.24) is 0 Å². The Morgan fingerprint density at radius 3 is 2.69 bits per heavy atom. The SMILES string of the molecule is O[C@H](C[NH2+]C[C@H](c1ccco1)[NH+]1CCCC1)COCc1ccccc1Cl. The second kappa shape index (κ2) is 10.1. The monoisotopic (exact) mass is 380 g/mol. The van der Waals surface area contributed by atoms with Gasteiger partial charge in [-0.15, -0.1) is 0 Å². The van der Waals surface area contributed by atoms with E-state index in [1.807, 2.05) is 30.3 Å². The molecule has 0 saturated carbocycles. The maximum atomic E-state index is 10.2. The molecule has 0 amide bonds. The summed E-state index contributed by atoms with van der Waals surface area (Å²) in [4.78, 5) is 1.58. The van der Waals surface area contributed by atoms with E-state index in [1.54, 1.807) is 11.2 Å². The Bertz CT molecular complexity index is 644. The van der Waals surface area contributed by atoms with Gasteiger partial charge in [-0.05, 0) is 23.8 Å². The Kier molecular flexibility index (Phi) is 7.53. The van der Waals surface area contributed by atoms with Crippen molar-refractivity contribution in [3.05, 3.63) is 59.0 Å². The molecule has 142 valence electrons. The quantitative estimate of drug-likeness (QED) is 0.571. The number of benzene rings is 1. The lowest BCUT2D eigenvalue weighted by Gasteiger charge is -2.22. The zero-order valence-corrected chi connectivity index (χ0v) is 15.8. The van der Waals surface area contributed by atoms with E-state index in [4.69, 9.17) is 20.8 Å². The smallest absolute Gasteiger partial charge is 0.195 e. The number of nitrogens with two attached hydrogens (primary N) is 1. The van der Waals surface area contributed by atoms with Crippen LogP contribution in [0.25, 0.3) is 0 Å². The number of quaternary nitrogens is 2. The third kappa shape index (κ3) is 5.56. The number of hydrogen-bond donors (Lipinski definition) is 3. The second-order valence-corrected chi connectivity index (χ2v) is 7.36. The minimum atomic E-state index is -0.497. The zero-order chi connectivity index (χ0) is 18.2. The first-order valence-corrected chi connectivity index (χ1v) is 9.80. The van der Waals surface area contributed by atoms with E-state index in [2.05, 4.69) is 11.4 Å².